The van der Waals surface area contributed by atoms with Crippen LogP contribution in [0, 0.1) is 0 Å². The van der Waals surface area contributed by atoms with Gasteiger partial charge in [0.15, 0.2) is 21.8 Å². The van der Waals surface area contributed by atoms with Crippen LogP contribution in [0.15, 0.2) is 93.3 Å². The number of ether oxygens (including phenoxy) is 4. The Bertz CT molecular complexity index is 2810. The van der Waals surface area contributed by atoms with Crippen LogP contribution < -0.4 is 28.7 Å². The monoisotopic (exact) mass is 1030 g/mol. The molecule has 2 fully saturated rings. The topological polar surface area (TPSA) is 144 Å². The maximum absolute atomic E-state index is 13.0. The number of nitrogens with zero attached hydrogens (tertiary/aromatic N) is 6. The van der Waals surface area contributed by atoms with Gasteiger partial charge in [-0.05, 0) is 66.7 Å². The number of rotatable bonds is 12. The predicted molar refractivity (Wildman–Crippen MR) is 256 cm³/mol. The van der Waals surface area contributed by atoms with Gasteiger partial charge in [0.2, 0.25) is 20.0 Å². The Morgan fingerprint density at radius 1 is 0.484 bits per heavy atom. The third-order valence-corrected chi connectivity index (χ3v) is 17.5. The normalized spacial score (nSPS) is 15.1. The van der Waals surface area contributed by atoms with Gasteiger partial charge in [0.25, 0.3) is 0 Å². The minimum absolute atomic E-state index is 0.142. The molecular weight excluding hydrogens is 987 g/mol. The number of methoxy groups -OCH3 is 4. The van der Waals surface area contributed by atoms with Gasteiger partial charge in [0.05, 0.1) is 69.7 Å². The van der Waals surface area contributed by atoms with E-state index in [0.29, 0.717) is 85.4 Å². The van der Waals surface area contributed by atoms with E-state index in [2.05, 4.69) is 9.80 Å². The molecule has 2 aliphatic rings. The first-order valence-electron chi connectivity index (χ1n) is 19.4. The van der Waals surface area contributed by atoms with Crippen LogP contribution in [-0.2, 0) is 20.0 Å². The van der Waals surface area contributed by atoms with Gasteiger partial charge in [-0.15, -0.1) is 22.7 Å². The lowest BCUT2D eigenvalue weighted by Gasteiger charge is -2.33. The number of aromatic nitrogens is 2. The number of hydrogen-bond acceptors (Lipinski definition) is 14. The number of thiazole rings is 2. The second-order valence-electron chi connectivity index (χ2n) is 14.1. The average molecular weight is 1030 g/mol. The van der Waals surface area contributed by atoms with Gasteiger partial charge in [-0.25, -0.2) is 26.8 Å². The van der Waals surface area contributed by atoms with Crippen LogP contribution >= 0.6 is 69.1 Å². The van der Waals surface area contributed by atoms with Crippen molar-refractivity contribution in [1.82, 2.24) is 18.6 Å². The number of sulfonamides is 2. The highest BCUT2D eigenvalue weighted by atomic mass is 35.5. The van der Waals surface area contributed by atoms with E-state index in [1.165, 1.54) is 67.7 Å². The molecule has 2 aliphatic heterocycles. The first kappa shape index (κ1) is 47.9. The van der Waals surface area contributed by atoms with Crippen LogP contribution in [0.3, 0.4) is 0 Å². The molecule has 4 heterocycles. The van der Waals surface area contributed by atoms with E-state index >= 15 is 0 Å². The third kappa shape index (κ3) is 10.6. The van der Waals surface area contributed by atoms with Crippen LogP contribution in [-0.4, -0.2) is 116 Å². The van der Waals surface area contributed by atoms with E-state index in [1.54, 1.807) is 28.4 Å². The standard InChI is InChI=1S/2C21H21Cl2N3O4S2/c1-29-19-6-3-14(11-20(19)30-2)18-13-31-21(24-18)25-7-9-26(10-8-25)32(27,28)15-4-5-16(22)17(23)12-15;1-29-15-9-14(10-16(11-15)30-2)20-13-31-21(24-20)25-5-7-26(8-6-25)32(27,28)17-3-4-18(22)19(23)12-17/h3-6,11-13H,7-10H2,1-2H3;3-4,9-13H,5-8H2,1-2H3. The van der Waals surface area contributed by atoms with Crippen molar-refractivity contribution in [2.75, 3.05) is 90.6 Å². The maximum atomic E-state index is 13.0. The van der Waals surface area contributed by atoms with Crippen LogP contribution in [0.4, 0.5) is 10.3 Å². The summed E-state index contributed by atoms with van der Waals surface area (Å²) < 4.78 is 76.2. The molecule has 8 rings (SSSR count). The second kappa shape index (κ2) is 20.6. The number of benzene rings is 4. The van der Waals surface area contributed by atoms with Gasteiger partial charge in [0, 0.05) is 80.3 Å². The molecular formula is C42H42Cl4N6O8S4. The van der Waals surface area contributed by atoms with Crippen molar-refractivity contribution in [2.24, 2.45) is 0 Å². The molecule has 0 bridgehead atoms. The largest absolute Gasteiger partial charge is 0.497 e. The molecule has 0 amide bonds. The Hall–Kier alpha value is -4.08. The van der Waals surface area contributed by atoms with Crippen molar-refractivity contribution in [2.45, 2.75) is 9.79 Å². The van der Waals surface area contributed by atoms with E-state index in [0.717, 1.165) is 32.8 Å². The van der Waals surface area contributed by atoms with Crippen LogP contribution in [0.25, 0.3) is 22.5 Å². The fraction of sp³-hybridized carbons (Fsp3) is 0.286. The van der Waals surface area contributed by atoms with Crippen molar-refractivity contribution < 1.29 is 35.8 Å². The van der Waals surface area contributed by atoms with E-state index in [4.69, 9.17) is 75.3 Å². The number of hydrogen-bond donors (Lipinski definition) is 0. The zero-order valence-electron chi connectivity index (χ0n) is 34.8. The van der Waals surface area contributed by atoms with Crippen molar-refractivity contribution in [1.29, 1.82) is 0 Å². The Balaban J connectivity index is 0.000000191. The lowest BCUT2D eigenvalue weighted by molar-refractivity contribution is 0.355. The van der Waals surface area contributed by atoms with E-state index in [1.807, 2.05) is 47.2 Å². The van der Waals surface area contributed by atoms with Gasteiger partial charge in [-0.3, -0.25) is 0 Å². The van der Waals surface area contributed by atoms with Crippen LogP contribution in [0.5, 0.6) is 23.0 Å². The van der Waals surface area contributed by atoms with Crippen molar-refractivity contribution in [3.8, 4) is 45.5 Å². The lowest BCUT2D eigenvalue weighted by Crippen LogP contribution is -2.48. The molecule has 4 aromatic carbocycles. The molecule has 14 nitrogen and oxygen atoms in total. The Morgan fingerprint density at radius 2 is 0.922 bits per heavy atom. The molecule has 0 unspecified atom stereocenters. The number of piperazine rings is 2. The van der Waals surface area contributed by atoms with E-state index in [9.17, 15) is 16.8 Å². The highest BCUT2D eigenvalue weighted by Crippen LogP contribution is 2.36. The van der Waals surface area contributed by atoms with E-state index < -0.39 is 20.0 Å². The Morgan fingerprint density at radius 3 is 1.33 bits per heavy atom. The zero-order valence-corrected chi connectivity index (χ0v) is 41.1. The van der Waals surface area contributed by atoms with Crippen LogP contribution in [0.1, 0.15) is 0 Å². The molecule has 0 saturated carbocycles. The quantitative estimate of drug-likeness (QED) is 0.115. The first-order valence-corrected chi connectivity index (χ1v) is 25.6. The van der Waals surface area contributed by atoms with Crippen molar-refractivity contribution in [3.05, 3.63) is 104 Å². The molecule has 2 aromatic heterocycles. The molecule has 340 valence electrons. The number of anilines is 2. The summed E-state index contributed by atoms with van der Waals surface area (Å²) in [6.07, 6.45) is 0. The molecule has 22 heteroatoms. The van der Waals surface area contributed by atoms with Gasteiger partial charge in [-0.1, -0.05) is 46.4 Å². The summed E-state index contributed by atoms with van der Waals surface area (Å²) >= 11 is 26.9. The molecule has 6 aromatic rings. The summed E-state index contributed by atoms with van der Waals surface area (Å²) in [5.41, 5.74) is 3.46. The fourth-order valence-corrected chi connectivity index (χ4v) is 12.2. The van der Waals surface area contributed by atoms with Crippen molar-refractivity contribution >= 4 is 99.4 Å². The molecule has 64 heavy (non-hydrogen) atoms. The minimum atomic E-state index is -3.64. The van der Waals surface area contributed by atoms with Crippen molar-refractivity contribution in [3.63, 3.8) is 0 Å². The summed E-state index contributed by atoms with van der Waals surface area (Å²) in [5.74, 6) is 2.68. The molecule has 0 radical (unpaired) electrons. The van der Waals surface area contributed by atoms with Crippen LogP contribution in [0.2, 0.25) is 20.1 Å². The highest BCUT2D eigenvalue weighted by molar-refractivity contribution is 7.89. The summed E-state index contributed by atoms with van der Waals surface area (Å²) in [6, 6.07) is 20.0. The summed E-state index contributed by atoms with van der Waals surface area (Å²) in [6.45, 7) is 3.57. The first-order chi connectivity index (χ1) is 30.6. The van der Waals surface area contributed by atoms with Gasteiger partial charge < -0.3 is 28.7 Å². The smallest absolute Gasteiger partial charge is 0.243 e. The summed E-state index contributed by atoms with van der Waals surface area (Å²) in [4.78, 5) is 14.0. The summed E-state index contributed by atoms with van der Waals surface area (Å²) in [5, 5.41) is 6.73. The molecule has 0 spiro atoms. The number of halogens is 4. The average Bonchev–Trinajstić information content (AvgIpc) is 4.02. The predicted octanol–water partition coefficient (Wildman–Crippen LogP) is 9.29. The Kier molecular flexibility index (Phi) is 15.4. The highest BCUT2D eigenvalue weighted by Gasteiger charge is 2.31. The van der Waals surface area contributed by atoms with Gasteiger partial charge >= 0.3 is 0 Å². The lowest BCUT2D eigenvalue weighted by atomic mass is 10.1. The maximum Gasteiger partial charge on any atom is 0.243 e. The van der Waals surface area contributed by atoms with E-state index in [-0.39, 0.29) is 19.8 Å². The molecule has 0 N–H and O–H groups in total. The Labute approximate surface area is 400 Å². The minimum Gasteiger partial charge on any atom is -0.497 e. The fourth-order valence-electron chi connectivity index (χ4n) is 6.85. The van der Waals surface area contributed by atoms with Gasteiger partial charge in [-0.2, -0.15) is 8.61 Å². The molecule has 2 saturated heterocycles. The second-order valence-corrected chi connectivity index (χ2v) is 21.3. The summed E-state index contributed by atoms with van der Waals surface area (Å²) in [7, 11) is -0.870. The molecule has 0 atom stereocenters. The SMILES string of the molecule is COc1cc(OC)cc(-c2csc(N3CCN(S(=O)(=O)c4ccc(Cl)c(Cl)c4)CC3)n2)c1.COc1ccc(-c2csc(N3CCN(S(=O)(=O)c4ccc(Cl)c(Cl)c4)CC3)n2)cc1OC. The third-order valence-electron chi connectivity index (χ3n) is 10.4. The molecule has 0 aliphatic carbocycles. The zero-order chi connectivity index (χ0) is 45.8. The van der Waals surface area contributed by atoms with Gasteiger partial charge in [0.1, 0.15) is 11.5 Å².